The van der Waals surface area contributed by atoms with Crippen molar-refractivity contribution in [3.05, 3.63) is 47.6 Å². The van der Waals surface area contributed by atoms with E-state index in [1.807, 2.05) is 24.8 Å². The Bertz CT molecular complexity index is 454. The van der Waals surface area contributed by atoms with Crippen LogP contribution in [0.25, 0.3) is 0 Å². The Morgan fingerprint density at radius 2 is 2.26 bits per heavy atom. The molecule has 2 nitrogen and oxygen atoms in total. The summed E-state index contributed by atoms with van der Waals surface area (Å²) < 4.78 is 0. The number of nitrogens with zero attached hydrogens (tertiary/aromatic N) is 1. The minimum Gasteiger partial charge on any atom is -0.342 e. The predicted octanol–water partition coefficient (Wildman–Crippen LogP) is 3.63. The van der Waals surface area contributed by atoms with Crippen molar-refractivity contribution in [1.29, 1.82) is 0 Å². The molecule has 0 bridgehead atoms. The molecule has 19 heavy (non-hydrogen) atoms. The molecule has 1 amide bonds. The number of hydrogen-bond acceptors (Lipinski definition) is 1. The maximum absolute atomic E-state index is 12.1. The second-order valence-electron chi connectivity index (χ2n) is 5.40. The lowest BCUT2D eigenvalue weighted by Crippen LogP contribution is -2.28. The van der Waals surface area contributed by atoms with E-state index in [1.54, 1.807) is 0 Å². The van der Waals surface area contributed by atoms with Crippen molar-refractivity contribution in [3.63, 3.8) is 0 Å². The van der Waals surface area contributed by atoms with Crippen molar-refractivity contribution in [2.75, 3.05) is 13.1 Å². The van der Waals surface area contributed by atoms with Crippen LogP contribution in [0.15, 0.2) is 47.6 Å². The third-order valence-corrected chi connectivity index (χ3v) is 4.01. The highest BCUT2D eigenvalue weighted by atomic mass is 16.2. The monoisotopic (exact) mass is 257 g/mol. The highest BCUT2D eigenvalue weighted by Gasteiger charge is 2.27. The summed E-state index contributed by atoms with van der Waals surface area (Å²) in [6.07, 6.45) is 15.4. The molecule has 0 aromatic carbocycles. The van der Waals surface area contributed by atoms with Gasteiger partial charge in [0.2, 0.25) is 5.91 Å². The van der Waals surface area contributed by atoms with Gasteiger partial charge in [-0.3, -0.25) is 4.79 Å². The zero-order chi connectivity index (χ0) is 13.7. The quantitative estimate of drug-likeness (QED) is 0.707. The van der Waals surface area contributed by atoms with Crippen molar-refractivity contribution in [3.8, 4) is 0 Å². The molecule has 1 fully saturated rings. The first-order valence-corrected chi connectivity index (χ1v) is 7.12. The summed E-state index contributed by atoms with van der Waals surface area (Å²) in [5.41, 5.74) is 2.62. The van der Waals surface area contributed by atoms with E-state index in [1.165, 1.54) is 5.57 Å². The zero-order valence-corrected chi connectivity index (χ0v) is 11.9. The van der Waals surface area contributed by atoms with Crippen molar-refractivity contribution >= 4 is 5.91 Å². The summed E-state index contributed by atoms with van der Waals surface area (Å²) in [6.45, 7) is 5.81. The number of rotatable bonds is 3. The zero-order valence-electron chi connectivity index (χ0n) is 11.9. The van der Waals surface area contributed by atoms with Gasteiger partial charge in [0.25, 0.3) is 0 Å². The topological polar surface area (TPSA) is 20.3 Å². The van der Waals surface area contributed by atoms with E-state index < -0.39 is 0 Å². The molecule has 0 aromatic rings. The lowest BCUT2D eigenvalue weighted by atomic mass is 9.95. The number of likely N-dealkylation sites (tertiary alicyclic amines) is 1. The second kappa shape index (κ2) is 6.55. The second-order valence-corrected chi connectivity index (χ2v) is 5.40. The Morgan fingerprint density at radius 3 is 3.05 bits per heavy atom. The molecule has 0 radical (unpaired) electrons. The average Bonchev–Trinajstić information content (AvgIpc) is 2.75. The minimum absolute atomic E-state index is 0.276. The largest absolute Gasteiger partial charge is 0.342 e. The molecule has 1 unspecified atom stereocenters. The van der Waals surface area contributed by atoms with E-state index in [9.17, 15) is 4.79 Å². The van der Waals surface area contributed by atoms with Crippen LogP contribution in [-0.2, 0) is 4.79 Å². The maximum Gasteiger partial charge on any atom is 0.226 e. The molecule has 2 rings (SSSR count). The third kappa shape index (κ3) is 3.69. The van der Waals surface area contributed by atoms with Crippen molar-refractivity contribution in [1.82, 2.24) is 4.90 Å². The fourth-order valence-corrected chi connectivity index (χ4v) is 2.64. The Hall–Kier alpha value is -1.57. The van der Waals surface area contributed by atoms with Gasteiger partial charge in [0.05, 0.1) is 0 Å². The number of allylic oxidation sites excluding steroid dienone is 6. The van der Waals surface area contributed by atoms with Crippen LogP contribution in [-0.4, -0.2) is 23.9 Å². The lowest BCUT2D eigenvalue weighted by Gasteiger charge is -2.17. The van der Waals surface area contributed by atoms with Crippen LogP contribution in [0.4, 0.5) is 0 Å². The van der Waals surface area contributed by atoms with E-state index in [0.29, 0.717) is 12.3 Å². The molecule has 0 saturated carbocycles. The molecule has 1 atom stereocenters. The van der Waals surface area contributed by atoms with Crippen LogP contribution < -0.4 is 0 Å². The normalized spacial score (nSPS) is 23.5. The van der Waals surface area contributed by atoms with Gasteiger partial charge in [-0.2, -0.15) is 0 Å². The van der Waals surface area contributed by atoms with E-state index in [2.05, 4.69) is 30.4 Å². The highest BCUT2D eigenvalue weighted by Crippen LogP contribution is 2.28. The molecule has 2 aliphatic rings. The molecule has 1 saturated heterocycles. The Balaban J connectivity index is 1.93. The summed E-state index contributed by atoms with van der Waals surface area (Å²) in [5.74, 6) is 0.820. The van der Waals surface area contributed by atoms with Gasteiger partial charge >= 0.3 is 0 Å². The first-order chi connectivity index (χ1) is 9.20. The Morgan fingerprint density at radius 1 is 1.42 bits per heavy atom. The van der Waals surface area contributed by atoms with E-state index in [0.717, 1.165) is 31.5 Å². The van der Waals surface area contributed by atoms with Crippen LogP contribution in [0.2, 0.25) is 0 Å². The van der Waals surface area contributed by atoms with E-state index >= 15 is 0 Å². The van der Waals surface area contributed by atoms with Crippen molar-refractivity contribution < 1.29 is 4.79 Å². The van der Waals surface area contributed by atoms with Gasteiger partial charge in [0.15, 0.2) is 0 Å². The molecule has 2 heteroatoms. The average molecular weight is 257 g/mol. The van der Waals surface area contributed by atoms with Crippen LogP contribution in [0.1, 0.15) is 33.1 Å². The summed E-state index contributed by atoms with van der Waals surface area (Å²) in [5, 5.41) is 0. The molecule has 1 aliphatic heterocycles. The Labute approximate surface area is 116 Å². The molecular weight excluding hydrogens is 234 g/mol. The van der Waals surface area contributed by atoms with Gasteiger partial charge in [0, 0.05) is 19.5 Å². The Kier molecular flexibility index (Phi) is 4.78. The SMILES string of the molecule is C/C=C(/C)CC(=O)N1CCC(C2=CC=CC=CC2)C1. The van der Waals surface area contributed by atoms with Gasteiger partial charge in [0.1, 0.15) is 0 Å². The maximum atomic E-state index is 12.1. The highest BCUT2D eigenvalue weighted by molar-refractivity contribution is 5.78. The van der Waals surface area contributed by atoms with Crippen molar-refractivity contribution in [2.45, 2.75) is 33.1 Å². The van der Waals surface area contributed by atoms with Crippen LogP contribution in [0.5, 0.6) is 0 Å². The van der Waals surface area contributed by atoms with Gasteiger partial charge < -0.3 is 4.90 Å². The summed E-state index contributed by atoms with van der Waals surface area (Å²) >= 11 is 0. The molecule has 1 heterocycles. The van der Waals surface area contributed by atoms with E-state index in [-0.39, 0.29) is 5.91 Å². The molecule has 0 spiro atoms. The molecule has 102 valence electrons. The first kappa shape index (κ1) is 13.9. The number of hydrogen-bond donors (Lipinski definition) is 0. The predicted molar refractivity (Wildman–Crippen MR) is 79.7 cm³/mol. The van der Waals surface area contributed by atoms with Crippen LogP contribution in [0.3, 0.4) is 0 Å². The fraction of sp³-hybridized carbons (Fsp3) is 0.471. The minimum atomic E-state index is 0.276. The standard InChI is InChI=1S/C17H23NO/c1-3-14(2)12-17(19)18-11-10-16(13-18)15-8-6-4-5-7-9-15/h3-8,16H,9-13H2,1-2H3/b14-3-. The van der Waals surface area contributed by atoms with Gasteiger partial charge in [-0.1, -0.05) is 47.6 Å². The summed E-state index contributed by atoms with van der Waals surface area (Å²) in [7, 11) is 0. The van der Waals surface area contributed by atoms with Gasteiger partial charge in [-0.05, 0) is 32.6 Å². The van der Waals surface area contributed by atoms with E-state index in [4.69, 9.17) is 0 Å². The smallest absolute Gasteiger partial charge is 0.226 e. The molecule has 0 aromatic heterocycles. The lowest BCUT2D eigenvalue weighted by molar-refractivity contribution is -0.129. The number of amides is 1. The summed E-state index contributed by atoms with van der Waals surface area (Å²) in [4.78, 5) is 14.2. The third-order valence-electron chi connectivity index (χ3n) is 4.01. The number of carbonyl (C=O) groups excluding carboxylic acids is 1. The van der Waals surface area contributed by atoms with Crippen molar-refractivity contribution in [2.24, 2.45) is 5.92 Å². The van der Waals surface area contributed by atoms with Crippen LogP contribution >= 0.6 is 0 Å². The molecule has 1 aliphatic carbocycles. The number of carbonyl (C=O) groups is 1. The van der Waals surface area contributed by atoms with Crippen LogP contribution in [0, 0.1) is 5.92 Å². The molecule has 0 N–H and O–H groups in total. The first-order valence-electron chi connectivity index (χ1n) is 7.12. The molecular formula is C17H23NO. The van der Waals surface area contributed by atoms with Gasteiger partial charge in [-0.25, -0.2) is 0 Å². The fourth-order valence-electron chi connectivity index (χ4n) is 2.64. The van der Waals surface area contributed by atoms with Gasteiger partial charge in [-0.15, -0.1) is 0 Å². The summed E-state index contributed by atoms with van der Waals surface area (Å²) in [6, 6.07) is 0.